The Kier molecular flexibility index (Phi) is 63.1. The summed E-state index contributed by atoms with van der Waals surface area (Å²) in [6.07, 6.45) is 48.6. The number of ether oxygens (including phenoxy) is 4. The molecule has 3 N–H and O–H groups in total. The van der Waals surface area contributed by atoms with Crippen LogP contribution in [0.3, 0.4) is 0 Å². The zero-order valence-electron chi connectivity index (χ0n) is 61.6. The van der Waals surface area contributed by atoms with E-state index in [1.807, 2.05) is 0 Å². The number of unbranched alkanes of at least 4 members (excludes halogenated alkanes) is 37. The lowest BCUT2D eigenvalue weighted by Crippen LogP contribution is -2.30. The lowest BCUT2D eigenvalue weighted by molar-refractivity contribution is -0.161. The first-order chi connectivity index (χ1) is 45.1. The van der Waals surface area contributed by atoms with Crippen LogP contribution in [-0.4, -0.2) is 96.7 Å². The highest BCUT2D eigenvalue weighted by molar-refractivity contribution is 7.47. The Morgan fingerprint density at radius 1 is 0.298 bits per heavy atom. The number of aliphatic hydroxyl groups is 1. The highest BCUT2D eigenvalue weighted by Gasteiger charge is 2.30. The molecule has 0 bridgehead atoms. The molecule has 0 aromatic heterocycles. The number of rotatable bonds is 72. The first-order valence-electron chi connectivity index (χ1n) is 38.7. The summed E-state index contributed by atoms with van der Waals surface area (Å²) >= 11 is 0. The van der Waals surface area contributed by atoms with Crippen LogP contribution in [0.25, 0.3) is 0 Å². The van der Waals surface area contributed by atoms with Gasteiger partial charge in [-0.15, -0.1) is 0 Å². The molecule has 0 amide bonds. The molecule has 0 spiro atoms. The summed E-state index contributed by atoms with van der Waals surface area (Å²) < 4.78 is 68.5. The maximum atomic E-state index is 13.1. The third-order valence-corrected chi connectivity index (χ3v) is 19.6. The van der Waals surface area contributed by atoms with Crippen molar-refractivity contribution < 1.29 is 80.2 Å². The van der Waals surface area contributed by atoms with Crippen molar-refractivity contribution in [3.05, 3.63) is 0 Å². The molecule has 558 valence electrons. The van der Waals surface area contributed by atoms with Crippen LogP contribution in [0, 0.1) is 23.7 Å². The van der Waals surface area contributed by atoms with Crippen LogP contribution in [0.1, 0.15) is 376 Å². The van der Waals surface area contributed by atoms with Crippen LogP contribution >= 0.6 is 15.6 Å². The van der Waals surface area contributed by atoms with Gasteiger partial charge in [-0.05, 0) is 49.4 Å². The summed E-state index contributed by atoms with van der Waals surface area (Å²) in [6, 6.07) is 0. The number of aliphatic hydroxyl groups excluding tert-OH is 1. The number of esters is 4. The van der Waals surface area contributed by atoms with E-state index in [2.05, 4.69) is 55.4 Å². The van der Waals surface area contributed by atoms with E-state index in [1.54, 1.807) is 0 Å². The van der Waals surface area contributed by atoms with Gasteiger partial charge in [-0.3, -0.25) is 37.3 Å². The topological polar surface area (TPSA) is 237 Å². The Balaban J connectivity index is 5.25. The minimum Gasteiger partial charge on any atom is -0.462 e. The van der Waals surface area contributed by atoms with Gasteiger partial charge in [0.05, 0.1) is 26.4 Å². The maximum absolute atomic E-state index is 13.1. The molecule has 0 aromatic carbocycles. The molecule has 0 radical (unpaired) electrons. The molecule has 0 aliphatic carbocycles. The van der Waals surface area contributed by atoms with Crippen LogP contribution < -0.4 is 0 Å². The normalized spacial score (nSPS) is 14.4. The van der Waals surface area contributed by atoms with Gasteiger partial charge in [0.2, 0.25) is 0 Å². The third kappa shape index (κ3) is 67.3. The molecule has 0 fully saturated rings. The smallest absolute Gasteiger partial charge is 0.462 e. The first-order valence-corrected chi connectivity index (χ1v) is 41.7. The minimum absolute atomic E-state index is 0.106. The van der Waals surface area contributed by atoms with Crippen molar-refractivity contribution in [2.24, 2.45) is 23.7 Å². The zero-order chi connectivity index (χ0) is 69.6. The Morgan fingerprint density at radius 2 is 0.511 bits per heavy atom. The molecule has 0 aliphatic rings. The Bertz CT molecular complexity index is 1850. The summed E-state index contributed by atoms with van der Waals surface area (Å²) in [5, 5.41) is 10.6. The summed E-state index contributed by atoms with van der Waals surface area (Å²) in [4.78, 5) is 72.8. The molecular weight excluding hydrogens is 1230 g/mol. The Morgan fingerprint density at radius 3 is 0.755 bits per heavy atom. The van der Waals surface area contributed by atoms with Gasteiger partial charge in [-0.1, -0.05) is 325 Å². The molecule has 0 saturated carbocycles. The fourth-order valence-electron chi connectivity index (χ4n) is 11.3. The highest BCUT2D eigenvalue weighted by Crippen LogP contribution is 2.45. The summed E-state index contributed by atoms with van der Waals surface area (Å²) in [6.45, 7) is 14.2. The molecular formula is C75H146O17P2. The van der Waals surface area contributed by atoms with Crippen molar-refractivity contribution in [1.29, 1.82) is 0 Å². The molecule has 0 saturated heterocycles. The number of phosphoric ester groups is 2. The fourth-order valence-corrected chi connectivity index (χ4v) is 12.9. The van der Waals surface area contributed by atoms with Crippen LogP contribution in [-0.2, 0) is 65.4 Å². The second-order valence-electron chi connectivity index (χ2n) is 28.7. The Hall–Kier alpha value is -1.94. The number of hydrogen-bond donors (Lipinski definition) is 3. The third-order valence-electron chi connectivity index (χ3n) is 17.7. The van der Waals surface area contributed by atoms with E-state index in [0.717, 1.165) is 120 Å². The average molecular weight is 1380 g/mol. The molecule has 19 heteroatoms. The molecule has 0 rings (SSSR count). The number of phosphoric acid groups is 2. The van der Waals surface area contributed by atoms with Crippen molar-refractivity contribution in [1.82, 2.24) is 0 Å². The van der Waals surface area contributed by atoms with Crippen LogP contribution in [0.2, 0.25) is 0 Å². The van der Waals surface area contributed by atoms with E-state index in [0.29, 0.717) is 25.7 Å². The zero-order valence-corrected chi connectivity index (χ0v) is 63.4. The van der Waals surface area contributed by atoms with Gasteiger partial charge in [0.1, 0.15) is 19.3 Å². The predicted molar refractivity (Wildman–Crippen MR) is 381 cm³/mol. The van der Waals surface area contributed by atoms with Crippen molar-refractivity contribution in [2.45, 2.75) is 395 Å². The molecule has 17 nitrogen and oxygen atoms in total. The number of carbonyl (C=O) groups is 4. The minimum atomic E-state index is -4.96. The van der Waals surface area contributed by atoms with Gasteiger partial charge in [-0.25, -0.2) is 9.13 Å². The first kappa shape index (κ1) is 92.1. The van der Waals surface area contributed by atoms with Crippen LogP contribution in [0.4, 0.5) is 0 Å². The van der Waals surface area contributed by atoms with Crippen LogP contribution in [0.5, 0.6) is 0 Å². The molecule has 0 aliphatic heterocycles. The van der Waals surface area contributed by atoms with Gasteiger partial charge >= 0.3 is 39.5 Å². The monoisotopic (exact) mass is 1380 g/mol. The predicted octanol–water partition coefficient (Wildman–Crippen LogP) is 21.7. The van der Waals surface area contributed by atoms with Gasteiger partial charge in [0, 0.05) is 25.7 Å². The Labute approximate surface area is 575 Å². The largest absolute Gasteiger partial charge is 0.472 e. The molecule has 6 atom stereocenters. The van der Waals surface area contributed by atoms with Crippen molar-refractivity contribution >= 4 is 39.5 Å². The quantitative estimate of drug-likeness (QED) is 0.0222. The average Bonchev–Trinajstić information content (AvgIpc) is 1.27. The molecule has 0 aromatic rings. The van der Waals surface area contributed by atoms with Gasteiger partial charge in [-0.2, -0.15) is 0 Å². The fraction of sp³-hybridized carbons (Fsp3) is 0.947. The van der Waals surface area contributed by atoms with E-state index in [9.17, 15) is 43.2 Å². The van der Waals surface area contributed by atoms with E-state index in [-0.39, 0.29) is 25.7 Å². The molecule has 0 heterocycles. The van der Waals surface area contributed by atoms with Crippen molar-refractivity contribution in [3.63, 3.8) is 0 Å². The van der Waals surface area contributed by atoms with E-state index < -0.39 is 97.5 Å². The highest BCUT2D eigenvalue weighted by atomic mass is 31.2. The SMILES string of the molecule is CCC(C)CCCCCCCCC(=O)OC[C@H](COP(=O)(O)OC[C@H](O)COP(=O)(O)OC[C@@H](COC(=O)CCCCCCCCCCCC(C)C)OC(=O)CCCCCCCCCCCCCCC(C)C)OC(=O)CCCCCCCCCCCCCCCCC(C)C. The van der Waals surface area contributed by atoms with Crippen molar-refractivity contribution in [3.8, 4) is 0 Å². The molecule has 94 heavy (non-hydrogen) atoms. The standard InChI is InChI=1S/C75H146O17P2/c1-9-68(8)54-46-38-33-34-40-48-56-73(78)86-62-71(92-75(80)57-49-41-31-24-18-13-11-10-12-16-21-27-35-43-51-65(2)3)64-90-94(83,84)88-60-69(76)59-87-93(81,82)89-63-70(61-85-72(77)55-47-39-30-26-20-23-29-37-45-53-67(6)7)91-74(79)58-50-42-32-25-19-15-14-17-22-28-36-44-52-66(4)5/h65-71,76H,9-64H2,1-8H3,(H,81,82)(H,83,84)/t68?,69-,70-,71-/m1/s1. The maximum Gasteiger partial charge on any atom is 0.472 e. The summed E-state index contributed by atoms with van der Waals surface area (Å²) in [7, 11) is -9.91. The van der Waals surface area contributed by atoms with Gasteiger partial charge in [0.15, 0.2) is 12.2 Å². The van der Waals surface area contributed by atoms with E-state index in [4.69, 9.17) is 37.0 Å². The summed E-state index contributed by atoms with van der Waals surface area (Å²) in [5.74, 6) is 0.924. The van der Waals surface area contributed by atoms with E-state index >= 15 is 0 Å². The lowest BCUT2D eigenvalue weighted by Gasteiger charge is -2.21. The second-order valence-corrected chi connectivity index (χ2v) is 31.6. The number of carbonyl (C=O) groups excluding carboxylic acids is 4. The van der Waals surface area contributed by atoms with E-state index in [1.165, 1.54) is 173 Å². The second kappa shape index (κ2) is 64.4. The number of hydrogen-bond acceptors (Lipinski definition) is 15. The lowest BCUT2D eigenvalue weighted by atomic mass is 10.00. The van der Waals surface area contributed by atoms with Gasteiger partial charge < -0.3 is 33.8 Å². The van der Waals surface area contributed by atoms with Gasteiger partial charge in [0.25, 0.3) is 0 Å². The summed E-state index contributed by atoms with van der Waals surface area (Å²) in [5.41, 5.74) is 0. The molecule has 3 unspecified atom stereocenters. The van der Waals surface area contributed by atoms with Crippen molar-refractivity contribution in [2.75, 3.05) is 39.6 Å². The van der Waals surface area contributed by atoms with Crippen LogP contribution in [0.15, 0.2) is 0 Å².